The van der Waals surface area contributed by atoms with Crippen LogP contribution < -0.4 is 10.2 Å². The zero-order valence-corrected chi connectivity index (χ0v) is 13.9. The smallest absolute Gasteiger partial charge is 0.318 e. The van der Waals surface area contributed by atoms with Crippen LogP contribution in [0.25, 0.3) is 0 Å². The van der Waals surface area contributed by atoms with Crippen molar-refractivity contribution in [2.75, 3.05) is 24.5 Å². The minimum Gasteiger partial charge on any atom is -0.481 e. The molecule has 2 N–H and O–H groups in total. The average Bonchev–Trinajstić information content (AvgIpc) is 2.64. The number of carboxylic acid groups (broad SMARTS) is 1. The van der Waals surface area contributed by atoms with Gasteiger partial charge in [0.05, 0.1) is 17.8 Å². The van der Waals surface area contributed by atoms with E-state index in [1.807, 2.05) is 6.07 Å². The van der Waals surface area contributed by atoms with E-state index in [2.05, 4.69) is 10.3 Å². The van der Waals surface area contributed by atoms with Crippen LogP contribution in [0.15, 0.2) is 24.5 Å². The first-order valence-electron chi connectivity index (χ1n) is 8.56. The molecule has 2 aliphatic heterocycles. The fourth-order valence-electron chi connectivity index (χ4n) is 3.38. The molecule has 3 amide bonds. The Morgan fingerprint density at radius 3 is 2.76 bits per heavy atom. The number of hydrogen-bond acceptors (Lipinski definition) is 4. The first-order valence-corrected chi connectivity index (χ1v) is 8.56. The van der Waals surface area contributed by atoms with Gasteiger partial charge in [0.2, 0.25) is 5.91 Å². The van der Waals surface area contributed by atoms with Crippen LogP contribution in [0.3, 0.4) is 0 Å². The molecule has 0 radical (unpaired) electrons. The molecule has 8 nitrogen and oxygen atoms in total. The van der Waals surface area contributed by atoms with E-state index in [-0.39, 0.29) is 18.5 Å². The Labute approximate surface area is 145 Å². The van der Waals surface area contributed by atoms with Gasteiger partial charge in [0.15, 0.2) is 0 Å². The number of likely N-dealkylation sites (tertiary alicyclic amines) is 1. The molecule has 134 valence electrons. The van der Waals surface area contributed by atoms with Gasteiger partial charge in [-0.25, -0.2) is 4.79 Å². The van der Waals surface area contributed by atoms with E-state index in [0.29, 0.717) is 32.4 Å². The van der Waals surface area contributed by atoms with Gasteiger partial charge in [-0.1, -0.05) is 0 Å². The molecular formula is C17H22N4O4. The van der Waals surface area contributed by atoms with E-state index in [0.717, 1.165) is 12.1 Å². The highest BCUT2D eigenvalue weighted by Crippen LogP contribution is 2.21. The number of carbonyl (C=O) groups is 3. The van der Waals surface area contributed by atoms with Gasteiger partial charge in [0.25, 0.3) is 0 Å². The van der Waals surface area contributed by atoms with Crippen LogP contribution in [0.5, 0.6) is 0 Å². The Hall–Kier alpha value is -2.64. The second kappa shape index (κ2) is 7.50. The summed E-state index contributed by atoms with van der Waals surface area (Å²) in [6.07, 6.45) is 5.87. The molecule has 0 saturated carbocycles. The highest BCUT2D eigenvalue weighted by atomic mass is 16.4. The number of pyridine rings is 1. The van der Waals surface area contributed by atoms with Gasteiger partial charge in [-0.3, -0.25) is 14.6 Å². The molecule has 0 aromatic carbocycles. The zero-order valence-electron chi connectivity index (χ0n) is 13.9. The maximum atomic E-state index is 12.7. The van der Waals surface area contributed by atoms with Crippen molar-refractivity contribution >= 4 is 23.6 Å². The number of nitrogens with one attached hydrogen (secondary N) is 1. The molecule has 0 spiro atoms. The van der Waals surface area contributed by atoms with E-state index >= 15 is 0 Å². The summed E-state index contributed by atoms with van der Waals surface area (Å²) in [5.41, 5.74) is 0.718. The zero-order chi connectivity index (χ0) is 17.8. The Kier molecular flexibility index (Phi) is 5.16. The van der Waals surface area contributed by atoms with Crippen LogP contribution >= 0.6 is 0 Å². The Balaban J connectivity index is 1.63. The lowest BCUT2D eigenvalue weighted by Crippen LogP contribution is -2.56. The van der Waals surface area contributed by atoms with Crippen molar-refractivity contribution in [3.63, 3.8) is 0 Å². The predicted molar refractivity (Wildman–Crippen MR) is 90.1 cm³/mol. The summed E-state index contributed by atoms with van der Waals surface area (Å²) in [6.45, 7) is 1.30. The van der Waals surface area contributed by atoms with Gasteiger partial charge in [-0.2, -0.15) is 0 Å². The van der Waals surface area contributed by atoms with Crippen LogP contribution in [0.4, 0.5) is 10.5 Å². The third kappa shape index (κ3) is 3.89. The Bertz CT molecular complexity index is 651. The fourth-order valence-corrected chi connectivity index (χ4v) is 3.38. The van der Waals surface area contributed by atoms with Gasteiger partial charge in [0, 0.05) is 25.8 Å². The van der Waals surface area contributed by atoms with Crippen molar-refractivity contribution in [1.29, 1.82) is 0 Å². The molecule has 2 unspecified atom stereocenters. The summed E-state index contributed by atoms with van der Waals surface area (Å²) in [5, 5.41) is 11.9. The van der Waals surface area contributed by atoms with Gasteiger partial charge in [0.1, 0.15) is 6.04 Å². The number of hydrogen-bond donors (Lipinski definition) is 2. The van der Waals surface area contributed by atoms with Crippen LogP contribution in [0, 0.1) is 5.92 Å². The van der Waals surface area contributed by atoms with E-state index in [1.54, 1.807) is 23.4 Å². The summed E-state index contributed by atoms with van der Waals surface area (Å²) in [4.78, 5) is 43.5. The number of amides is 3. The quantitative estimate of drug-likeness (QED) is 0.853. The maximum Gasteiger partial charge on any atom is 0.318 e. The van der Waals surface area contributed by atoms with Crippen LogP contribution in [-0.4, -0.2) is 58.6 Å². The van der Waals surface area contributed by atoms with E-state index < -0.39 is 17.9 Å². The van der Waals surface area contributed by atoms with Crippen LogP contribution in [0.1, 0.15) is 25.7 Å². The molecule has 1 aromatic rings. The topological polar surface area (TPSA) is 103 Å². The number of nitrogens with zero attached hydrogens (tertiary/aromatic N) is 3. The molecule has 8 heteroatoms. The molecular weight excluding hydrogens is 324 g/mol. The average molecular weight is 346 g/mol. The predicted octanol–water partition coefficient (Wildman–Crippen LogP) is 1.08. The molecule has 3 heterocycles. The van der Waals surface area contributed by atoms with Crippen LogP contribution in [-0.2, 0) is 9.59 Å². The highest BCUT2D eigenvalue weighted by Gasteiger charge is 2.34. The standard InChI is InChI=1S/C17H22N4O4/c22-15-14(6-3-9-21(15)13-5-1-7-18-10-13)19-17(25)20-8-2-4-12(11-20)16(23)24/h1,5,7,10,12,14H,2-4,6,8-9,11H2,(H,19,25)(H,23,24). The molecule has 2 saturated heterocycles. The number of urea groups is 1. The normalized spacial score (nSPS) is 24.1. The molecule has 3 rings (SSSR count). The lowest BCUT2D eigenvalue weighted by molar-refractivity contribution is -0.143. The number of anilines is 1. The van der Waals surface area contributed by atoms with Crippen molar-refractivity contribution in [2.45, 2.75) is 31.7 Å². The van der Waals surface area contributed by atoms with Crippen molar-refractivity contribution in [2.24, 2.45) is 5.92 Å². The van der Waals surface area contributed by atoms with Crippen LogP contribution in [0.2, 0.25) is 0 Å². The number of carbonyl (C=O) groups excluding carboxylic acids is 2. The molecule has 0 bridgehead atoms. The summed E-state index contributed by atoms with van der Waals surface area (Å²) in [7, 11) is 0. The van der Waals surface area contributed by atoms with Gasteiger partial charge in [-0.15, -0.1) is 0 Å². The molecule has 1 aromatic heterocycles. The molecule has 2 aliphatic rings. The minimum atomic E-state index is -0.881. The van der Waals surface area contributed by atoms with E-state index in [9.17, 15) is 14.4 Å². The summed E-state index contributed by atoms with van der Waals surface area (Å²) in [5.74, 6) is -1.57. The SMILES string of the molecule is O=C(O)C1CCCN(C(=O)NC2CCCN(c3cccnc3)C2=O)C1. The fraction of sp³-hybridized carbons (Fsp3) is 0.529. The number of aromatic nitrogens is 1. The summed E-state index contributed by atoms with van der Waals surface area (Å²) >= 11 is 0. The second-order valence-corrected chi connectivity index (χ2v) is 6.47. The molecule has 2 fully saturated rings. The van der Waals surface area contributed by atoms with Crippen molar-refractivity contribution < 1.29 is 19.5 Å². The second-order valence-electron chi connectivity index (χ2n) is 6.47. The van der Waals surface area contributed by atoms with Gasteiger partial charge < -0.3 is 20.2 Å². The van der Waals surface area contributed by atoms with Gasteiger partial charge in [-0.05, 0) is 37.8 Å². The first-order chi connectivity index (χ1) is 12.1. The molecule has 2 atom stereocenters. The van der Waals surface area contributed by atoms with E-state index in [4.69, 9.17) is 5.11 Å². The molecule has 0 aliphatic carbocycles. The van der Waals surface area contributed by atoms with Crippen molar-refractivity contribution in [3.05, 3.63) is 24.5 Å². The number of piperidine rings is 2. The summed E-state index contributed by atoms with van der Waals surface area (Å²) in [6, 6.07) is 2.63. The maximum absolute atomic E-state index is 12.7. The third-order valence-electron chi connectivity index (χ3n) is 4.75. The lowest BCUT2D eigenvalue weighted by atomic mass is 9.98. The third-order valence-corrected chi connectivity index (χ3v) is 4.75. The number of rotatable bonds is 3. The highest BCUT2D eigenvalue weighted by molar-refractivity contribution is 5.99. The minimum absolute atomic E-state index is 0.153. The largest absolute Gasteiger partial charge is 0.481 e. The number of carboxylic acids is 1. The van der Waals surface area contributed by atoms with Gasteiger partial charge >= 0.3 is 12.0 Å². The van der Waals surface area contributed by atoms with E-state index in [1.165, 1.54) is 4.90 Å². The monoisotopic (exact) mass is 346 g/mol. The Morgan fingerprint density at radius 1 is 1.24 bits per heavy atom. The van der Waals surface area contributed by atoms with Crippen molar-refractivity contribution in [3.8, 4) is 0 Å². The Morgan fingerprint density at radius 2 is 2.04 bits per heavy atom. The summed E-state index contributed by atoms with van der Waals surface area (Å²) < 4.78 is 0. The first kappa shape index (κ1) is 17.2. The molecule has 25 heavy (non-hydrogen) atoms. The lowest BCUT2D eigenvalue weighted by Gasteiger charge is -2.35. The van der Waals surface area contributed by atoms with Crippen molar-refractivity contribution in [1.82, 2.24) is 15.2 Å². The number of aliphatic carboxylic acids is 1.